The van der Waals surface area contributed by atoms with Gasteiger partial charge in [-0.15, -0.1) is 0 Å². The van der Waals surface area contributed by atoms with E-state index in [1.165, 1.54) is 75.9 Å². The standard InChI is InChI=1S/C42H22N4/c1-2-12-25-23(9-1)19-20-30-37-34(21-31-26-13-3-5-17-32(26)45-33-18-6-4-14-27(33)38(37)42(31)45)46(41(25)30)35-22-43-39-28-15-7-10-24-11-8-16-29(36(24)28)40(39)44-35/h1-22H. The van der Waals surface area contributed by atoms with Crippen molar-refractivity contribution in [2.24, 2.45) is 0 Å². The van der Waals surface area contributed by atoms with Crippen LogP contribution in [0, 0.1) is 0 Å². The summed E-state index contributed by atoms with van der Waals surface area (Å²) in [6.45, 7) is 0. The molecule has 12 rings (SSSR count). The van der Waals surface area contributed by atoms with Crippen molar-refractivity contribution in [3.05, 3.63) is 134 Å². The molecule has 0 aliphatic heterocycles. The van der Waals surface area contributed by atoms with Crippen LogP contribution in [0.25, 0.3) is 110 Å². The number of nitrogens with zero attached hydrogens (tertiary/aromatic N) is 4. The fraction of sp³-hybridized carbons (Fsp3) is 0. The van der Waals surface area contributed by atoms with E-state index in [0.29, 0.717) is 0 Å². The van der Waals surface area contributed by atoms with Crippen LogP contribution >= 0.6 is 0 Å². The summed E-state index contributed by atoms with van der Waals surface area (Å²) in [6, 6.07) is 46.3. The summed E-state index contributed by atoms with van der Waals surface area (Å²) in [4.78, 5) is 10.6. The van der Waals surface area contributed by atoms with Crippen molar-refractivity contribution in [2.75, 3.05) is 0 Å². The summed E-state index contributed by atoms with van der Waals surface area (Å²) >= 11 is 0. The largest absolute Gasteiger partial charge is 0.308 e. The Hall–Kier alpha value is -6.26. The number of fused-ring (bicyclic) bond motifs is 15. The van der Waals surface area contributed by atoms with Crippen LogP contribution in [0.1, 0.15) is 0 Å². The van der Waals surface area contributed by atoms with Crippen LogP contribution in [-0.2, 0) is 0 Å². The van der Waals surface area contributed by atoms with Gasteiger partial charge in [0.1, 0.15) is 0 Å². The first-order valence-corrected chi connectivity index (χ1v) is 15.8. The first-order chi connectivity index (χ1) is 22.8. The van der Waals surface area contributed by atoms with Crippen molar-refractivity contribution < 1.29 is 0 Å². The molecule has 4 heteroatoms. The predicted octanol–water partition coefficient (Wildman–Crippen LogP) is 10.7. The fourth-order valence-electron chi connectivity index (χ4n) is 8.62. The maximum Gasteiger partial charge on any atom is 0.156 e. The molecule has 0 amide bonds. The van der Waals surface area contributed by atoms with E-state index in [9.17, 15) is 0 Å². The van der Waals surface area contributed by atoms with Gasteiger partial charge in [-0.05, 0) is 29.0 Å². The predicted molar refractivity (Wildman–Crippen MR) is 190 cm³/mol. The van der Waals surface area contributed by atoms with Crippen LogP contribution in [0.4, 0.5) is 0 Å². The zero-order valence-electron chi connectivity index (χ0n) is 24.5. The topological polar surface area (TPSA) is 35.1 Å². The summed E-state index contributed by atoms with van der Waals surface area (Å²) in [5.41, 5.74) is 10.3. The second-order valence-corrected chi connectivity index (χ2v) is 12.6. The van der Waals surface area contributed by atoms with Gasteiger partial charge in [-0.25, -0.2) is 4.98 Å². The third kappa shape index (κ3) is 2.57. The van der Waals surface area contributed by atoms with Gasteiger partial charge in [0.05, 0.1) is 45.2 Å². The summed E-state index contributed by atoms with van der Waals surface area (Å²) in [6.07, 6.45) is 1.98. The van der Waals surface area contributed by atoms with E-state index in [-0.39, 0.29) is 0 Å². The quantitative estimate of drug-likeness (QED) is 0.193. The highest BCUT2D eigenvalue weighted by Gasteiger charge is 2.28. The van der Waals surface area contributed by atoms with Crippen LogP contribution < -0.4 is 0 Å². The molecule has 0 saturated heterocycles. The molecule has 0 fully saturated rings. The monoisotopic (exact) mass is 582 g/mol. The fourth-order valence-corrected chi connectivity index (χ4v) is 8.62. The Morgan fingerprint density at radius 3 is 1.98 bits per heavy atom. The van der Waals surface area contributed by atoms with Crippen molar-refractivity contribution in [3.8, 4) is 28.3 Å². The van der Waals surface area contributed by atoms with E-state index in [2.05, 4.69) is 136 Å². The Kier molecular flexibility index (Phi) is 3.96. The van der Waals surface area contributed by atoms with Gasteiger partial charge in [0.15, 0.2) is 5.82 Å². The highest BCUT2D eigenvalue weighted by molar-refractivity contribution is 6.37. The summed E-state index contributed by atoms with van der Waals surface area (Å²) < 4.78 is 4.85. The SMILES string of the molecule is c1cc2c3c(cccc3c1)-c1nc(-n3c4cc5c6ccccc6n6c7ccccc7c(c4c4ccc7ccccc7c43)c56)cnc1-2. The average molecular weight is 583 g/mol. The second kappa shape index (κ2) is 7.87. The summed E-state index contributed by atoms with van der Waals surface area (Å²) in [5.74, 6) is 0.835. The third-order valence-electron chi connectivity index (χ3n) is 10.4. The van der Waals surface area contributed by atoms with Crippen molar-refractivity contribution in [3.63, 3.8) is 0 Å². The number of para-hydroxylation sites is 2. The van der Waals surface area contributed by atoms with Gasteiger partial charge in [0.2, 0.25) is 0 Å². The van der Waals surface area contributed by atoms with Crippen LogP contribution in [0.2, 0.25) is 0 Å². The number of rotatable bonds is 1. The minimum atomic E-state index is 0.835. The average Bonchev–Trinajstić information content (AvgIpc) is 3.83. The van der Waals surface area contributed by atoms with Gasteiger partial charge in [-0.1, -0.05) is 109 Å². The lowest BCUT2D eigenvalue weighted by atomic mass is 10.0. The Balaban J connectivity index is 1.32. The minimum Gasteiger partial charge on any atom is -0.308 e. The molecule has 0 radical (unpaired) electrons. The molecule has 0 N–H and O–H groups in total. The van der Waals surface area contributed by atoms with E-state index in [4.69, 9.17) is 9.97 Å². The number of benzene rings is 7. The molecule has 11 aromatic rings. The lowest BCUT2D eigenvalue weighted by molar-refractivity contribution is 1.06. The molecule has 4 aromatic heterocycles. The van der Waals surface area contributed by atoms with E-state index in [1.807, 2.05) is 6.20 Å². The minimum absolute atomic E-state index is 0.835. The van der Waals surface area contributed by atoms with Gasteiger partial charge in [-0.3, -0.25) is 9.55 Å². The highest BCUT2D eigenvalue weighted by Crippen LogP contribution is 2.49. The Labute approximate surface area is 261 Å². The Morgan fingerprint density at radius 1 is 0.435 bits per heavy atom. The van der Waals surface area contributed by atoms with Crippen LogP contribution in [-0.4, -0.2) is 18.9 Å². The molecule has 4 nitrogen and oxygen atoms in total. The number of aromatic nitrogens is 4. The van der Waals surface area contributed by atoms with E-state index in [1.54, 1.807) is 0 Å². The zero-order chi connectivity index (χ0) is 29.7. The van der Waals surface area contributed by atoms with E-state index < -0.39 is 0 Å². The summed E-state index contributed by atoms with van der Waals surface area (Å²) in [5, 5.41) is 12.5. The smallest absolute Gasteiger partial charge is 0.156 e. The molecule has 0 unspecified atom stereocenters. The van der Waals surface area contributed by atoms with Crippen LogP contribution in [0.3, 0.4) is 0 Å². The molecular formula is C42H22N4. The van der Waals surface area contributed by atoms with Gasteiger partial charge in [0.25, 0.3) is 0 Å². The van der Waals surface area contributed by atoms with Crippen LogP contribution in [0.5, 0.6) is 0 Å². The van der Waals surface area contributed by atoms with E-state index >= 15 is 0 Å². The Bertz CT molecular complexity index is 3140. The normalized spacial score (nSPS) is 12.8. The molecule has 4 heterocycles. The third-order valence-corrected chi connectivity index (χ3v) is 10.4. The van der Waals surface area contributed by atoms with Crippen LogP contribution in [0.15, 0.2) is 134 Å². The first kappa shape index (κ1) is 23.2. The maximum absolute atomic E-state index is 5.48. The lowest BCUT2D eigenvalue weighted by Crippen LogP contribution is -2.01. The second-order valence-electron chi connectivity index (χ2n) is 12.6. The molecule has 210 valence electrons. The Morgan fingerprint density at radius 2 is 1.13 bits per heavy atom. The van der Waals surface area contributed by atoms with Crippen molar-refractivity contribution in [1.29, 1.82) is 0 Å². The number of hydrogen-bond acceptors (Lipinski definition) is 2. The molecule has 7 aromatic carbocycles. The molecule has 0 atom stereocenters. The number of hydrogen-bond donors (Lipinski definition) is 0. The van der Waals surface area contributed by atoms with Gasteiger partial charge < -0.3 is 4.40 Å². The lowest BCUT2D eigenvalue weighted by Gasteiger charge is -2.11. The van der Waals surface area contributed by atoms with Crippen molar-refractivity contribution in [1.82, 2.24) is 18.9 Å². The van der Waals surface area contributed by atoms with Gasteiger partial charge in [-0.2, -0.15) is 0 Å². The van der Waals surface area contributed by atoms with E-state index in [0.717, 1.165) is 33.8 Å². The molecule has 1 aliphatic rings. The maximum atomic E-state index is 5.48. The first-order valence-electron chi connectivity index (χ1n) is 15.8. The molecular weight excluding hydrogens is 560 g/mol. The van der Waals surface area contributed by atoms with Gasteiger partial charge in [0, 0.05) is 54.2 Å². The van der Waals surface area contributed by atoms with Gasteiger partial charge >= 0.3 is 0 Å². The molecule has 0 bridgehead atoms. The summed E-state index contributed by atoms with van der Waals surface area (Å²) in [7, 11) is 0. The highest BCUT2D eigenvalue weighted by atomic mass is 15.1. The molecule has 46 heavy (non-hydrogen) atoms. The molecule has 0 spiro atoms. The van der Waals surface area contributed by atoms with Crippen molar-refractivity contribution in [2.45, 2.75) is 0 Å². The molecule has 0 saturated carbocycles. The molecule has 1 aliphatic carbocycles. The zero-order valence-corrected chi connectivity index (χ0v) is 24.5. The van der Waals surface area contributed by atoms with Crippen molar-refractivity contribution >= 4 is 81.4 Å².